The summed E-state index contributed by atoms with van der Waals surface area (Å²) in [7, 11) is 7.32. The zero-order chi connectivity index (χ0) is 17.1. The van der Waals surface area contributed by atoms with Gasteiger partial charge < -0.3 is 19.9 Å². The van der Waals surface area contributed by atoms with Gasteiger partial charge in [0.15, 0.2) is 0 Å². The highest BCUT2D eigenvalue weighted by molar-refractivity contribution is 5.91. The number of nitriles is 1. The van der Waals surface area contributed by atoms with Crippen LogP contribution in [0.25, 0.3) is 0 Å². The van der Waals surface area contributed by atoms with E-state index < -0.39 is 0 Å². The van der Waals surface area contributed by atoms with Crippen molar-refractivity contribution in [2.45, 2.75) is 31.9 Å². The second-order valence-corrected chi connectivity index (χ2v) is 6.21. The van der Waals surface area contributed by atoms with Crippen molar-refractivity contribution in [3.63, 3.8) is 0 Å². The fourth-order valence-electron chi connectivity index (χ4n) is 2.79. The summed E-state index contributed by atoms with van der Waals surface area (Å²) >= 11 is 0. The van der Waals surface area contributed by atoms with Crippen LogP contribution >= 0.6 is 0 Å². The van der Waals surface area contributed by atoms with Crippen LogP contribution in [0.2, 0.25) is 0 Å². The lowest BCUT2D eigenvalue weighted by atomic mass is 9.88. The highest BCUT2D eigenvalue weighted by atomic mass is 16.5. The Morgan fingerprint density at radius 2 is 2.00 bits per heavy atom. The van der Waals surface area contributed by atoms with Crippen LogP contribution in [0.5, 0.6) is 0 Å². The van der Waals surface area contributed by atoms with Crippen LogP contribution in [0.4, 0.5) is 16.2 Å². The number of ether oxygens (including phenoxy) is 1. The van der Waals surface area contributed by atoms with Crippen molar-refractivity contribution in [3.8, 4) is 6.07 Å². The minimum absolute atomic E-state index is 0.188. The fourth-order valence-corrected chi connectivity index (χ4v) is 2.79. The number of hydrogen-bond donors (Lipinski definition) is 1. The van der Waals surface area contributed by atoms with Gasteiger partial charge in [-0.25, -0.2) is 4.79 Å². The number of amides is 2. The van der Waals surface area contributed by atoms with E-state index in [0.29, 0.717) is 11.3 Å². The third-order valence-electron chi connectivity index (χ3n) is 4.45. The molecule has 1 fully saturated rings. The zero-order valence-electron chi connectivity index (χ0n) is 14.4. The van der Waals surface area contributed by atoms with Gasteiger partial charge in [0.05, 0.1) is 17.4 Å². The molecule has 0 atom stereocenters. The number of nitrogens with zero attached hydrogens (tertiary/aromatic N) is 3. The number of urea groups is 1. The predicted octanol–water partition coefficient (Wildman–Crippen LogP) is 2.57. The number of carbonyl (C=O) groups excluding carboxylic acids is 1. The first-order chi connectivity index (χ1) is 10.9. The number of nitrogens with one attached hydrogen (secondary N) is 1. The molecule has 2 amide bonds. The molecule has 1 aromatic carbocycles. The monoisotopic (exact) mass is 316 g/mol. The first kappa shape index (κ1) is 17.1. The Bertz CT molecular complexity index is 630. The summed E-state index contributed by atoms with van der Waals surface area (Å²) in [6.07, 6.45) is 1.94. The van der Waals surface area contributed by atoms with E-state index in [4.69, 9.17) is 4.74 Å². The Kier molecular flexibility index (Phi) is 5.12. The maximum Gasteiger partial charge on any atom is 0.321 e. The Labute approximate surface area is 137 Å². The fraction of sp³-hybridized carbons (Fsp3) is 0.529. The number of rotatable bonds is 4. The summed E-state index contributed by atoms with van der Waals surface area (Å²) in [5, 5.41) is 12.2. The van der Waals surface area contributed by atoms with Gasteiger partial charge in [-0.15, -0.1) is 0 Å². The van der Waals surface area contributed by atoms with Crippen molar-refractivity contribution in [1.82, 2.24) is 4.90 Å². The van der Waals surface area contributed by atoms with Gasteiger partial charge in [0.25, 0.3) is 0 Å². The first-order valence-electron chi connectivity index (χ1n) is 7.66. The normalized spacial score (nSPS) is 19.5. The van der Waals surface area contributed by atoms with Gasteiger partial charge in [0.1, 0.15) is 6.07 Å². The largest absolute Gasteiger partial charge is 0.381 e. The van der Waals surface area contributed by atoms with Crippen molar-refractivity contribution in [3.05, 3.63) is 23.3 Å². The van der Waals surface area contributed by atoms with Crippen molar-refractivity contribution in [2.75, 3.05) is 38.5 Å². The van der Waals surface area contributed by atoms with E-state index in [1.807, 2.05) is 32.0 Å². The Morgan fingerprint density at radius 3 is 2.52 bits per heavy atom. The molecule has 2 rings (SSSR count). The standard InChI is InChI=1S/C17H24N4O2/c1-11-6-15(12(10-18)7-16(11)20(2)3)19-17(22)21(4)13-8-14(9-13)23-5/h6-7,13-14H,8-9H2,1-5H3,(H,19,22). The molecular formula is C17H24N4O2. The summed E-state index contributed by atoms with van der Waals surface area (Å²) in [5.74, 6) is 0. The zero-order valence-corrected chi connectivity index (χ0v) is 14.4. The molecule has 0 bridgehead atoms. The van der Waals surface area contributed by atoms with Gasteiger partial charge in [-0.1, -0.05) is 0 Å². The minimum Gasteiger partial charge on any atom is -0.381 e. The van der Waals surface area contributed by atoms with E-state index in [-0.39, 0.29) is 18.2 Å². The summed E-state index contributed by atoms with van der Waals surface area (Å²) in [6, 6.07) is 5.79. The maximum atomic E-state index is 12.4. The molecule has 0 unspecified atom stereocenters. The Morgan fingerprint density at radius 1 is 1.35 bits per heavy atom. The third kappa shape index (κ3) is 3.57. The van der Waals surface area contributed by atoms with E-state index in [1.54, 1.807) is 25.1 Å². The molecule has 6 nitrogen and oxygen atoms in total. The maximum absolute atomic E-state index is 12.4. The highest BCUT2D eigenvalue weighted by Gasteiger charge is 2.34. The van der Waals surface area contributed by atoms with Crippen LogP contribution in [0.1, 0.15) is 24.0 Å². The lowest BCUT2D eigenvalue weighted by molar-refractivity contribution is -0.00705. The summed E-state index contributed by atoms with van der Waals surface area (Å²) in [6.45, 7) is 1.96. The van der Waals surface area contributed by atoms with Crippen molar-refractivity contribution < 1.29 is 9.53 Å². The van der Waals surface area contributed by atoms with Gasteiger partial charge in [-0.3, -0.25) is 0 Å². The van der Waals surface area contributed by atoms with Crippen LogP contribution in [-0.2, 0) is 4.74 Å². The number of methoxy groups -OCH3 is 1. The number of anilines is 2. The van der Waals surface area contributed by atoms with Crippen LogP contribution in [0.15, 0.2) is 12.1 Å². The van der Waals surface area contributed by atoms with E-state index in [1.165, 1.54) is 0 Å². The van der Waals surface area contributed by atoms with E-state index in [9.17, 15) is 10.1 Å². The lowest BCUT2D eigenvalue weighted by Gasteiger charge is -2.40. The van der Waals surface area contributed by atoms with Crippen LogP contribution < -0.4 is 10.2 Å². The molecule has 0 aliphatic heterocycles. The minimum atomic E-state index is -0.196. The van der Waals surface area contributed by atoms with E-state index in [0.717, 1.165) is 24.1 Å². The molecule has 0 heterocycles. The molecule has 1 aromatic rings. The molecule has 124 valence electrons. The topological polar surface area (TPSA) is 68.6 Å². The first-order valence-corrected chi connectivity index (χ1v) is 7.66. The predicted molar refractivity (Wildman–Crippen MR) is 90.8 cm³/mol. The second-order valence-electron chi connectivity index (χ2n) is 6.21. The SMILES string of the molecule is COC1CC(N(C)C(=O)Nc2cc(C)c(N(C)C)cc2C#N)C1. The quantitative estimate of drug-likeness (QED) is 0.927. The Hall–Kier alpha value is -2.26. The smallest absolute Gasteiger partial charge is 0.321 e. The molecular weight excluding hydrogens is 292 g/mol. The van der Waals surface area contributed by atoms with Crippen molar-refractivity contribution >= 4 is 17.4 Å². The molecule has 0 saturated heterocycles. The lowest BCUT2D eigenvalue weighted by Crippen LogP contribution is -2.49. The third-order valence-corrected chi connectivity index (χ3v) is 4.45. The van der Waals surface area contributed by atoms with Crippen LogP contribution in [0, 0.1) is 18.3 Å². The van der Waals surface area contributed by atoms with E-state index >= 15 is 0 Å². The van der Waals surface area contributed by atoms with Gasteiger partial charge in [-0.2, -0.15) is 5.26 Å². The molecule has 1 aliphatic rings. The van der Waals surface area contributed by atoms with Gasteiger partial charge in [-0.05, 0) is 37.5 Å². The molecule has 0 radical (unpaired) electrons. The van der Waals surface area contributed by atoms with Crippen molar-refractivity contribution in [1.29, 1.82) is 5.26 Å². The van der Waals surface area contributed by atoms with Crippen molar-refractivity contribution in [2.24, 2.45) is 0 Å². The van der Waals surface area contributed by atoms with Gasteiger partial charge in [0.2, 0.25) is 0 Å². The number of benzene rings is 1. The molecule has 6 heteroatoms. The Balaban J connectivity index is 2.12. The molecule has 23 heavy (non-hydrogen) atoms. The molecule has 0 aromatic heterocycles. The molecule has 1 saturated carbocycles. The number of aryl methyl sites for hydroxylation is 1. The average Bonchev–Trinajstić information content (AvgIpc) is 2.45. The molecule has 1 N–H and O–H groups in total. The van der Waals surface area contributed by atoms with Gasteiger partial charge >= 0.3 is 6.03 Å². The second kappa shape index (κ2) is 6.88. The summed E-state index contributed by atoms with van der Waals surface area (Å²) < 4.78 is 5.25. The number of carbonyl (C=O) groups is 1. The summed E-state index contributed by atoms with van der Waals surface area (Å²) in [5.41, 5.74) is 2.99. The van der Waals surface area contributed by atoms with Crippen LogP contribution in [-0.4, -0.2) is 51.3 Å². The molecule has 0 spiro atoms. The number of hydrogen-bond acceptors (Lipinski definition) is 4. The highest BCUT2D eigenvalue weighted by Crippen LogP contribution is 2.29. The summed E-state index contributed by atoms with van der Waals surface area (Å²) in [4.78, 5) is 16.0. The van der Waals surface area contributed by atoms with Gasteiger partial charge in [0, 0.05) is 40.0 Å². The van der Waals surface area contributed by atoms with E-state index in [2.05, 4.69) is 11.4 Å². The average molecular weight is 316 g/mol. The van der Waals surface area contributed by atoms with Crippen LogP contribution in [0.3, 0.4) is 0 Å². The molecule has 1 aliphatic carbocycles.